The number of benzene rings is 3. The first-order chi connectivity index (χ1) is 17.6. The third-order valence-electron chi connectivity index (χ3n) is 6.46. The highest BCUT2D eigenvalue weighted by Gasteiger charge is 2.23. The predicted octanol–water partition coefficient (Wildman–Crippen LogP) is 5.41. The largest absolute Gasteiger partial charge is 0.497 e. The van der Waals surface area contributed by atoms with Crippen molar-refractivity contribution in [3.05, 3.63) is 84.2 Å². The number of halogens is 1. The number of rotatable bonds is 6. The summed E-state index contributed by atoms with van der Waals surface area (Å²) in [5, 5.41) is 0.783. The lowest BCUT2D eigenvalue weighted by molar-refractivity contribution is 0.0747. The summed E-state index contributed by atoms with van der Waals surface area (Å²) >= 11 is 0. The van der Waals surface area contributed by atoms with Gasteiger partial charge in [0.1, 0.15) is 17.3 Å². The molecular formula is C29H28FN3O3. The maximum atomic E-state index is 13.4. The number of ether oxygens (including phenoxy) is 2. The van der Waals surface area contributed by atoms with Crippen LogP contribution in [0.15, 0.2) is 72.8 Å². The molecule has 4 aromatic rings. The summed E-state index contributed by atoms with van der Waals surface area (Å²) in [4.78, 5) is 22.3. The van der Waals surface area contributed by atoms with E-state index in [0.717, 1.165) is 41.0 Å². The van der Waals surface area contributed by atoms with E-state index in [2.05, 4.69) is 4.90 Å². The van der Waals surface area contributed by atoms with Crippen LogP contribution in [0.25, 0.3) is 22.2 Å². The monoisotopic (exact) mass is 485 g/mol. The van der Waals surface area contributed by atoms with Crippen molar-refractivity contribution in [1.29, 1.82) is 0 Å². The topological polar surface area (TPSA) is 54.9 Å². The maximum Gasteiger partial charge on any atom is 0.254 e. The summed E-state index contributed by atoms with van der Waals surface area (Å²) in [5.41, 5.74) is 3.95. The molecule has 6 nitrogen and oxygen atoms in total. The van der Waals surface area contributed by atoms with Crippen LogP contribution in [0.5, 0.6) is 11.5 Å². The first-order valence-electron chi connectivity index (χ1n) is 12.1. The number of nitrogens with zero attached hydrogens (tertiary/aromatic N) is 3. The minimum atomic E-state index is -0.294. The lowest BCUT2D eigenvalue weighted by Gasteiger charge is -2.36. The van der Waals surface area contributed by atoms with Crippen LogP contribution in [0.1, 0.15) is 17.3 Å². The standard InChI is InChI=1S/C29H28FN3O3/c1-3-36-28-19-27(20-4-7-22(30)8-5-20)31-26-13-6-21(18-25(26)28)29(34)33-16-14-32(15-17-33)23-9-11-24(35-2)12-10-23/h4-13,18-19H,3,14-17H2,1-2H3. The second-order valence-electron chi connectivity index (χ2n) is 8.65. The molecule has 0 unspecified atom stereocenters. The molecule has 1 aliphatic heterocycles. The van der Waals surface area contributed by atoms with Crippen molar-refractivity contribution >= 4 is 22.5 Å². The van der Waals surface area contributed by atoms with Crippen LogP contribution in [0, 0.1) is 5.82 Å². The zero-order valence-corrected chi connectivity index (χ0v) is 20.4. The van der Waals surface area contributed by atoms with Crippen molar-refractivity contribution in [2.24, 2.45) is 0 Å². The molecular weight excluding hydrogens is 457 g/mol. The van der Waals surface area contributed by atoms with E-state index < -0.39 is 0 Å². The fourth-order valence-electron chi connectivity index (χ4n) is 4.51. The van der Waals surface area contributed by atoms with Crippen LogP contribution in [0.2, 0.25) is 0 Å². The number of amides is 1. The highest BCUT2D eigenvalue weighted by Crippen LogP contribution is 2.31. The summed E-state index contributed by atoms with van der Waals surface area (Å²) in [6, 6.07) is 21.6. The van der Waals surface area contributed by atoms with Crippen LogP contribution in [0.3, 0.4) is 0 Å². The Hall–Kier alpha value is -4.13. The molecule has 0 atom stereocenters. The third kappa shape index (κ3) is 4.82. The zero-order chi connectivity index (χ0) is 25.1. The summed E-state index contributed by atoms with van der Waals surface area (Å²) in [7, 11) is 1.66. The Balaban J connectivity index is 1.36. The van der Waals surface area contributed by atoms with Gasteiger partial charge in [-0.1, -0.05) is 0 Å². The second-order valence-corrected chi connectivity index (χ2v) is 8.65. The van der Waals surface area contributed by atoms with E-state index in [9.17, 15) is 9.18 Å². The van der Waals surface area contributed by atoms with Crippen molar-refractivity contribution in [3.8, 4) is 22.8 Å². The molecule has 184 valence electrons. The maximum absolute atomic E-state index is 13.4. The molecule has 0 aliphatic carbocycles. The summed E-state index contributed by atoms with van der Waals surface area (Å²) < 4.78 is 24.5. The normalized spacial score (nSPS) is 13.6. The minimum absolute atomic E-state index is 0.00339. The molecule has 1 fully saturated rings. The molecule has 0 bridgehead atoms. The highest BCUT2D eigenvalue weighted by atomic mass is 19.1. The van der Waals surface area contributed by atoms with E-state index in [-0.39, 0.29) is 11.7 Å². The number of fused-ring (bicyclic) bond motifs is 1. The molecule has 0 spiro atoms. The fraction of sp³-hybridized carbons (Fsp3) is 0.241. The first-order valence-corrected chi connectivity index (χ1v) is 12.1. The van der Waals surface area contributed by atoms with Crippen LogP contribution in [-0.2, 0) is 0 Å². The van der Waals surface area contributed by atoms with Crippen molar-refractivity contribution < 1.29 is 18.7 Å². The molecule has 1 aliphatic rings. The zero-order valence-electron chi connectivity index (χ0n) is 20.4. The molecule has 5 rings (SSSR count). The Kier molecular flexibility index (Phi) is 6.71. The summed E-state index contributed by atoms with van der Waals surface area (Å²) in [6.45, 7) is 5.21. The van der Waals surface area contributed by atoms with Gasteiger partial charge in [0, 0.05) is 54.4 Å². The molecule has 36 heavy (non-hydrogen) atoms. The molecule has 7 heteroatoms. The average molecular weight is 486 g/mol. The number of carbonyl (C=O) groups is 1. The molecule has 1 saturated heterocycles. The van der Waals surface area contributed by atoms with Crippen molar-refractivity contribution in [2.45, 2.75) is 6.92 Å². The molecule has 0 saturated carbocycles. The average Bonchev–Trinajstić information content (AvgIpc) is 2.93. The van der Waals surface area contributed by atoms with E-state index in [1.54, 1.807) is 19.2 Å². The number of pyridine rings is 1. The van der Waals surface area contributed by atoms with Crippen LogP contribution < -0.4 is 14.4 Å². The van der Waals surface area contributed by atoms with Crippen molar-refractivity contribution in [3.63, 3.8) is 0 Å². The Labute approximate surface area is 209 Å². The lowest BCUT2D eigenvalue weighted by Crippen LogP contribution is -2.48. The van der Waals surface area contributed by atoms with Gasteiger partial charge in [-0.15, -0.1) is 0 Å². The molecule has 3 aromatic carbocycles. The molecule has 0 radical (unpaired) electrons. The van der Waals surface area contributed by atoms with E-state index in [4.69, 9.17) is 14.5 Å². The van der Waals surface area contributed by atoms with Gasteiger partial charge >= 0.3 is 0 Å². The van der Waals surface area contributed by atoms with Gasteiger partial charge in [0.15, 0.2) is 0 Å². The van der Waals surface area contributed by atoms with Gasteiger partial charge in [0.2, 0.25) is 0 Å². The van der Waals surface area contributed by atoms with Gasteiger partial charge in [0.05, 0.1) is 24.9 Å². The van der Waals surface area contributed by atoms with Gasteiger partial charge < -0.3 is 19.3 Å². The number of hydrogen-bond acceptors (Lipinski definition) is 5. The van der Waals surface area contributed by atoms with Crippen molar-refractivity contribution in [2.75, 3.05) is 44.8 Å². The quantitative estimate of drug-likeness (QED) is 0.366. The van der Waals surface area contributed by atoms with Gasteiger partial charge in [-0.2, -0.15) is 0 Å². The first kappa shape index (κ1) is 23.6. The number of methoxy groups -OCH3 is 1. The smallest absolute Gasteiger partial charge is 0.254 e. The number of anilines is 1. The molecule has 1 amide bonds. The number of aromatic nitrogens is 1. The number of carbonyl (C=O) groups excluding carboxylic acids is 1. The number of hydrogen-bond donors (Lipinski definition) is 0. The van der Waals surface area contributed by atoms with Crippen LogP contribution in [-0.4, -0.2) is 55.7 Å². The van der Waals surface area contributed by atoms with E-state index in [1.165, 1.54) is 12.1 Å². The number of piperazine rings is 1. The van der Waals surface area contributed by atoms with Gasteiger partial charge in [-0.05, 0) is 73.7 Å². The predicted molar refractivity (Wildman–Crippen MR) is 139 cm³/mol. The Bertz CT molecular complexity index is 1370. The van der Waals surface area contributed by atoms with Crippen molar-refractivity contribution in [1.82, 2.24) is 9.88 Å². The summed E-state index contributed by atoms with van der Waals surface area (Å²) in [6.07, 6.45) is 0. The minimum Gasteiger partial charge on any atom is -0.497 e. The van der Waals surface area contributed by atoms with Gasteiger partial charge in [-0.3, -0.25) is 4.79 Å². The van der Waals surface area contributed by atoms with Gasteiger partial charge in [-0.25, -0.2) is 9.37 Å². The third-order valence-corrected chi connectivity index (χ3v) is 6.46. The molecule has 0 N–H and O–H groups in total. The Morgan fingerprint density at radius 1 is 0.944 bits per heavy atom. The van der Waals surface area contributed by atoms with E-state index in [0.29, 0.717) is 36.7 Å². The van der Waals surface area contributed by atoms with Crippen LogP contribution >= 0.6 is 0 Å². The molecule has 2 heterocycles. The molecule has 1 aromatic heterocycles. The lowest BCUT2D eigenvalue weighted by atomic mass is 10.1. The SMILES string of the molecule is CCOc1cc(-c2ccc(F)cc2)nc2ccc(C(=O)N3CCN(c4ccc(OC)cc4)CC3)cc12. The Morgan fingerprint density at radius 3 is 2.33 bits per heavy atom. The summed E-state index contributed by atoms with van der Waals surface area (Å²) in [5.74, 6) is 1.18. The second kappa shape index (κ2) is 10.2. The fourth-order valence-corrected chi connectivity index (χ4v) is 4.51. The van der Waals surface area contributed by atoms with Gasteiger partial charge in [0.25, 0.3) is 5.91 Å². The van der Waals surface area contributed by atoms with E-state index >= 15 is 0 Å². The highest BCUT2D eigenvalue weighted by molar-refractivity contribution is 6.00. The Morgan fingerprint density at radius 2 is 1.67 bits per heavy atom. The van der Waals surface area contributed by atoms with E-state index in [1.807, 2.05) is 60.4 Å². The van der Waals surface area contributed by atoms with Crippen LogP contribution in [0.4, 0.5) is 10.1 Å².